The number of ether oxygens (including phenoxy) is 3. The average Bonchev–Trinajstić information content (AvgIpc) is 3.07. The van der Waals surface area contributed by atoms with Crippen molar-refractivity contribution in [2.75, 3.05) is 0 Å². The van der Waals surface area contributed by atoms with Gasteiger partial charge in [0.15, 0.2) is 0 Å². The van der Waals surface area contributed by atoms with E-state index in [0.717, 1.165) is 22.3 Å². The minimum Gasteiger partial charge on any atom is -0.459 e. The highest BCUT2D eigenvalue weighted by atomic mass is 16.6. The molecule has 4 aromatic rings. The Hall–Kier alpha value is -5.44. The topological polar surface area (TPSA) is 120 Å². The third-order valence-corrected chi connectivity index (χ3v) is 6.57. The van der Waals surface area contributed by atoms with E-state index >= 15 is 0 Å². The quantitative estimate of drug-likeness (QED) is 0.147. The molecule has 0 aliphatic rings. The van der Waals surface area contributed by atoms with Crippen LogP contribution in [-0.2, 0) is 50.2 Å². The fourth-order valence-electron chi connectivity index (χ4n) is 4.11. The lowest BCUT2D eigenvalue weighted by Gasteiger charge is -2.18. The number of alkyl carbamates (subject to hydrolysis) is 1. The zero-order chi connectivity index (χ0) is 31.0. The van der Waals surface area contributed by atoms with Crippen LogP contribution < -0.4 is 10.6 Å². The van der Waals surface area contributed by atoms with E-state index in [1.165, 1.54) is 0 Å². The van der Waals surface area contributed by atoms with Gasteiger partial charge in [-0.3, -0.25) is 4.79 Å². The number of benzene rings is 4. The van der Waals surface area contributed by atoms with E-state index in [4.69, 9.17) is 14.2 Å². The first-order valence-corrected chi connectivity index (χ1v) is 14.2. The van der Waals surface area contributed by atoms with Gasteiger partial charge in [0.2, 0.25) is 5.91 Å². The van der Waals surface area contributed by atoms with Gasteiger partial charge in [-0.2, -0.15) is 0 Å². The molecule has 9 heteroatoms. The van der Waals surface area contributed by atoms with Gasteiger partial charge in [0.25, 0.3) is 0 Å². The first-order chi connectivity index (χ1) is 21.5. The summed E-state index contributed by atoms with van der Waals surface area (Å²) >= 11 is 0. The van der Waals surface area contributed by atoms with Crippen LogP contribution in [0.4, 0.5) is 4.79 Å². The molecule has 2 amide bonds. The number of esters is 2. The summed E-state index contributed by atoms with van der Waals surface area (Å²) in [5, 5.41) is 5.33. The summed E-state index contributed by atoms with van der Waals surface area (Å²) in [7, 11) is 0. The van der Waals surface area contributed by atoms with Gasteiger partial charge in [-0.05, 0) is 40.8 Å². The van der Waals surface area contributed by atoms with Gasteiger partial charge >= 0.3 is 18.0 Å². The standard InChI is InChI=1S/C35H34N2O7/c38-32(36-22-26-16-18-30(19-17-26)33(39)42-23-27-10-4-1-5-11-27)21-20-31(34(40)43-24-28-12-6-2-7-13-28)37-35(41)44-25-29-14-8-3-9-15-29/h1-19,31H,20-25H2,(H,36,38)(H,37,41)/t31-/m0/s1. The molecule has 4 rings (SSSR count). The normalized spacial score (nSPS) is 11.1. The summed E-state index contributed by atoms with van der Waals surface area (Å²) in [4.78, 5) is 50.3. The summed E-state index contributed by atoms with van der Waals surface area (Å²) < 4.78 is 16.0. The number of nitrogens with one attached hydrogen (secondary N) is 2. The summed E-state index contributed by atoms with van der Waals surface area (Å²) in [6.07, 6.45) is -0.835. The molecule has 0 spiro atoms. The predicted molar refractivity (Wildman–Crippen MR) is 163 cm³/mol. The van der Waals surface area contributed by atoms with Crippen LogP contribution in [0.5, 0.6) is 0 Å². The van der Waals surface area contributed by atoms with Crippen LogP contribution >= 0.6 is 0 Å². The molecule has 0 fully saturated rings. The molecule has 1 atom stereocenters. The smallest absolute Gasteiger partial charge is 0.408 e. The largest absolute Gasteiger partial charge is 0.459 e. The Morgan fingerprint density at radius 1 is 0.568 bits per heavy atom. The van der Waals surface area contributed by atoms with Crippen LogP contribution in [-0.4, -0.2) is 30.0 Å². The lowest BCUT2D eigenvalue weighted by Crippen LogP contribution is -2.42. The number of hydrogen-bond donors (Lipinski definition) is 2. The van der Waals surface area contributed by atoms with Crippen molar-refractivity contribution in [3.05, 3.63) is 143 Å². The molecule has 44 heavy (non-hydrogen) atoms. The summed E-state index contributed by atoms with van der Waals surface area (Å²) in [5.74, 6) is -1.44. The molecule has 0 aromatic heterocycles. The average molecular weight is 595 g/mol. The molecule has 0 saturated heterocycles. The summed E-state index contributed by atoms with van der Waals surface area (Å²) in [6.45, 7) is 0.451. The monoisotopic (exact) mass is 594 g/mol. The van der Waals surface area contributed by atoms with Crippen molar-refractivity contribution >= 4 is 23.9 Å². The fraction of sp³-hybridized carbons (Fsp3) is 0.200. The SMILES string of the molecule is O=C(CC[C@H](NC(=O)OCc1ccccc1)C(=O)OCc1ccccc1)NCc1ccc(C(=O)OCc2ccccc2)cc1. The maximum Gasteiger partial charge on any atom is 0.408 e. The van der Waals surface area contributed by atoms with Gasteiger partial charge in [-0.1, -0.05) is 103 Å². The Morgan fingerprint density at radius 2 is 1.07 bits per heavy atom. The van der Waals surface area contributed by atoms with E-state index in [-0.39, 0.29) is 45.1 Å². The van der Waals surface area contributed by atoms with Gasteiger partial charge < -0.3 is 24.8 Å². The Balaban J connectivity index is 1.25. The number of carbonyl (C=O) groups excluding carboxylic acids is 4. The van der Waals surface area contributed by atoms with Gasteiger partial charge in [-0.15, -0.1) is 0 Å². The molecule has 0 heterocycles. The Morgan fingerprint density at radius 3 is 1.61 bits per heavy atom. The van der Waals surface area contributed by atoms with Gasteiger partial charge in [0, 0.05) is 13.0 Å². The highest BCUT2D eigenvalue weighted by Crippen LogP contribution is 2.10. The van der Waals surface area contributed by atoms with Gasteiger partial charge in [0.05, 0.1) is 5.56 Å². The highest BCUT2D eigenvalue weighted by molar-refractivity contribution is 5.89. The van der Waals surface area contributed by atoms with Gasteiger partial charge in [-0.25, -0.2) is 14.4 Å². The fourth-order valence-corrected chi connectivity index (χ4v) is 4.11. The van der Waals surface area contributed by atoms with E-state index in [2.05, 4.69) is 10.6 Å². The molecule has 0 radical (unpaired) electrons. The van der Waals surface area contributed by atoms with E-state index in [1.54, 1.807) is 24.3 Å². The van der Waals surface area contributed by atoms with E-state index in [9.17, 15) is 19.2 Å². The van der Waals surface area contributed by atoms with Crippen molar-refractivity contribution in [1.82, 2.24) is 10.6 Å². The highest BCUT2D eigenvalue weighted by Gasteiger charge is 2.24. The van der Waals surface area contributed by atoms with Gasteiger partial charge in [0.1, 0.15) is 25.9 Å². The minimum absolute atomic E-state index is 0.00604. The van der Waals surface area contributed by atoms with Crippen LogP contribution in [0.2, 0.25) is 0 Å². The summed E-state index contributed by atoms with van der Waals surface area (Å²) in [6, 6.07) is 33.3. The number of rotatable bonds is 14. The van der Waals surface area contributed by atoms with Crippen LogP contribution in [0.25, 0.3) is 0 Å². The van der Waals surface area contributed by atoms with Crippen molar-refractivity contribution in [3.8, 4) is 0 Å². The Kier molecular flexibility index (Phi) is 12.1. The van der Waals surface area contributed by atoms with E-state index < -0.39 is 24.1 Å². The Bertz CT molecular complexity index is 1490. The molecular weight excluding hydrogens is 560 g/mol. The molecule has 0 aliphatic carbocycles. The maximum atomic E-state index is 12.9. The molecule has 2 N–H and O–H groups in total. The lowest BCUT2D eigenvalue weighted by molar-refractivity contribution is -0.147. The molecule has 0 saturated carbocycles. The van der Waals surface area contributed by atoms with Crippen molar-refractivity contribution in [1.29, 1.82) is 0 Å². The first kappa shape index (κ1) is 31.5. The van der Waals surface area contributed by atoms with E-state index in [1.807, 2.05) is 91.0 Å². The second-order valence-electron chi connectivity index (χ2n) is 9.93. The predicted octanol–water partition coefficient (Wildman–Crippen LogP) is 5.48. The summed E-state index contributed by atoms with van der Waals surface area (Å²) in [5.41, 5.74) is 3.66. The Labute approximate surface area is 256 Å². The molecule has 4 aromatic carbocycles. The second kappa shape index (κ2) is 16.9. The first-order valence-electron chi connectivity index (χ1n) is 14.2. The minimum atomic E-state index is -1.09. The molecule has 0 unspecified atom stereocenters. The van der Waals surface area contributed by atoms with Crippen LogP contribution in [0, 0.1) is 0 Å². The molecular formula is C35H34N2O7. The van der Waals surface area contributed by atoms with Crippen molar-refractivity contribution in [3.63, 3.8) is 0 Å². The van der Waals surface area contributed by atoms with E-state index in [0.29, 0.717) is 5.56 Å². The second-order valence-corrected chi connectivity index (χ2v) is 9.93. The molecule has 0 aliphatic heterocycles. The number of amides is 2. The molecule has 0 bridgehead atoms. The van der Waals surface area contributed by atoms with Crippen molar-refractivity contribution in [2.24, 2.45) is 0 Å². The van der Waals surface area contributed by atoms with Crippen LogP contribution in [0.1, 0.15) is 45.5 Å². The third kappa shape index (κ3) is 10.8. The zero-order valence-electron chi connectivity index (χ0n) is 24.1. The lowest BCUT2D eigenvalue weighted by atomic mass is 10.1. The zero-order valence-corrected chi connectivity index (χ0v) is 24.1. The third-order valence-electron chi connectivity index (χ3n) is 6.57. The molecule has 9 nitrogen and oxygen atoms in total. The number of carbonyl (C=O) groups is 4. The maximum absolute atomic E-state index is 12.9. The molecule has 226 valence electrons. The number of hydrogen-bond acceptors (Lipinski definition) is 7. The van der Waals surface area contributed by atoms with Crippen molar-refractivity contribution in [2.45, 2.75) is 45.2 Å². The van der Waals surface area contributed by atoms with Crippen molar-refractivity contribution < 1.29 is 33.4 Å². The van der Waals surface area contributed by atoms with Crippen LogP contribution in [0.15, 0.2) is 115 Å². The van der Waals surface area contributed by atoms with Crippen LogP contribution in [0.3, 0.4) is 0 Å².